The lowest BCUT2D eigenvalue weighted by Gasteiger charge is -2.15. The molecule has 38 heavy (non-hydrogen) atoms. The summed E-state index contributed by atoms with van der Waals surface area (Å²) >= 11 is 1.43. The van der Waals surface area contributed by atoms with Crippen LogP contribution in [0, 0.1) is 13.8 Å². The molecule has 0 unspecified atom stereocenters. The molecule has 3 aromatic heterocycles. The highest BCUT2D eigenvalue weighted by Gasteiger charge is 2.33. The Balaban J connectivity index is 1.33. The van der Waals surface area contributed by atoms with Gasteiger partial charge < -0.3 is 9.55 Å². The normalized spacial score (nSPS) is 15.8. The molecular weight excluding hydrogens is 490 g/mol. The van der Waals surface area contributed by atoms with E-state index in [1.165, 1.54) is 22.7 Å². The second kappa shape index (κ2) is 10.2. The summed E-state index contributed by atoms with van der Waals surface area (Å²) in [5, 5.41) is 1.89. The van der Waals surface area contributed by atoms with Gasteiger partial charge in [0.05, 0.1) is 10.6 Å². The number of nitrogens with zero attached hydrogens (tertiary/aromatic N) is 4. The number of rotatable bonds is 6. The zero-order valence-corrected chi connectivity index (χ0v) is 22.1. The number of nitrogens with one attached hydrogen (secondary N) is 1. The average Bonchev–Trinajstić information content (AvgIpc) is 3.57. The number of aromatic amines is 1. The van der Waals surface area contributed by atoms with Gasteiger partial charge in [0.2, 0.25) is 0 Å². The van der Waals surface area contributed by atoms with Gasteiger partial charge in [0.1, 0.15) is 5.82 Å². The van der Waals surface area contributed by atoms with E-state index in [2.05, 4.69) is 46.6 Å². The lowest BCUT2D eigenvalue weighted by molar-refractivity contribution is -0.122. The Morgan fingerprint density at radius 3 is 2.61 bits per heavy atom. The Bertz CT molecular complexity index is 1680. The summed E-state index contributed by atoms with van der Waals surface area (Å²) < 4.78 is 2.12. The smallest absolute Gasteiger partial charge is 0.266 e. The van der Waals surface area contributed by atoms with Crippen LogP contribution in [-0.4, -0.2) is 37.1 Å². The molecule has 1 N–H and O–H groups in total. The first-order chi connectivity index (χ1) is 18.6. The van der Waals surface area contributed by atoms with Crippen LogP contribution in [0.3, 0.4) is 0 Å². The van der Waals surface area contributed by atoms with E-state index >= 15 is 0 Å². The number of benzene rings is 2. The van der Waals surface area contributed by atoms with Crippen LogP contribution in [0.25, 0.3) is 22.8 Å². The van der Waals surface area contributed by atoms with Crippen molar-refractivity contribution in [1.82, 2.24) is 19.4 Å². The molecule has 2 aromatic carbocycles. The summed E-state index contributed by atoms with van der Waals surface area (Å²) in [4.78, 5) is 28.9. The van der Waals surface area contributed by atoms with Crippen LogP contribution in [0.2, 0.25) is 0 Å². The molecule has 6 nitrogen and oxygen atoms in total. The Kier molecular flexibility index (Phi) is 6.43. The van der Waals surface area contributed by atoms with E-state index in [0.717, 1.165) is 40.4 Å². The van der Waals surface area contributed by atoms with E-state index in [1.807, 2.05) is 77.8 Å². The zero-order valence-electron chi connectivity index (χ0n) is 21.3. The minimum Gasteiger partial charge on any atom is -0.361 e. The molecule has 188 valence electrons. The van der Waals surface area contributed by atoms with Gasteiger partial charge in [-0.1, -0.05) is 42.5 Å². The lowest BCUT2D eigenvalue weighted by Crippen LogP contribution is -2.31. The van der Waals surface area contributed by atoms with Gasteiger partial charge in [-0.05, 0) is 85.6 Å². The minimum absolute atomic E-state index is 0.0211. The number of H-pyrrole nitrogens is 1. The Morgan fingerprint density at radius 1 is 1.00 bits per heavy atom. The van der Waals surface area contributed by atoms with E-state index in [4.69, 9.17) is 4.99 Å². The highest BCUT2D eigenvalue weighted by atomic mass is 32.2. The molecule has 5 aromatic rings. The number of thioether (sulfide) groups is 1. The molecule has 0 spiro atoms. The number of hydrogen-bond donors (Lipinski definition) is 1. The van der Waals surface area contributed by atoms with E-state index in [9.17, 15) is 4.79 Å². The van der Waals surface area contributed by atoms with Gasteiger partial charge in [-0.15, -0.1) is 0 Å². The van der Waals surface area contributed by atoms with E-state index < -0.39 is 0 Å². The Hall–Kier alpha value is -4.36. The molecule has 6 rings (SSSR count). The largest absolute Gasteiger partial charge is 0.361 e. The maximum atomic E-state index is 13.7. The first kappa shape index (κ1) is 24.0. The van der Waals surface area contributed by atoms with Crippen molar-refractivity contribution in [2.24, 2.45) is 4.99 Å². The van der Waals surface area contributed by atoms with Gasteiger partial charge in [0.25, 0.3) is 5.91 Å². The maximum absolute atomic E-state index is 13.7. The molecule has 1 fully saturated rings. The zero-order chi connectivity index (χ0) is 26.1. The number of fused-ring (bicyclic) bond motifs is 1. The standard InChI is InChI=1S/C31H27N5OS/c1-21-18-24(22(2)36(21)29-14-8-9-16-32-29)19-28-30(37)35(31(38-28)34-25-10-4-3-5-11-25)17-15-23-20-33-27-13-7-6-12-26(23)27/h3-14,16,18-20,33H,15,17H2,1-2H3/b28-19-,34-31?. The molecular formula is C31H27N5OS. The number of amides is 1. The summed E-state index contributed by atoms with van der Waals surface area (Å²) in [5.41, 5.74) is 6.23. The molecule has 0 atom stereocenters. The van der Waals surface area contributed by atoms with Crippen LogP contribution in [-0.2, 0) is 11.2 Å². The van der Waals surface area contributed by atoms with Gasteiger partial charge in [-0.3, -0.25) is 9.69 Å². The highest BCUT2D eigenvalue weighted by Crippen LogP contribution is 2.35. The van der Waals surface area contributed by atoms with Gasteiger partial charge in [0, 0.05) is 41.2 Å². The number of carbonyl (C=O) groups excluding carboxylic acids is 1. The number of hydrogen-bond acceptors (Lipinski definition) is 4. The van der Waals surface area contributed by atoms with Gasteiger partial charge in [0.15, 0.2) is 5.17 Å². The number of pyridine rings is 1. The van der Waals surface area contributed by atoms with Gasteiger partial charge in [-0.25, -0.2) is 9.98 Å². The number of amidine groups is 1. The van der Waals surface area contributed by atoms with Crippen LogP contribution in [0.4, 0.5) is 5.69 Å². The molecule has 0 aliphatic carbocycles. The molecule has 4 heterocycles. The van der Waals surface area contributed by atoms with E-state index in [1.54, 1.807) is 6.20 Å². The maximum Gasteiger partial charge on any atom is 0.266 e. The predicted molar refractivity (Wildman–Crippen MR) is 156 cm³/mol. The molecule has 0 radical (unpaired) electrons. The summed E-state index contributed by atoms with van der Waals surface area (Å²) in [6.45, 7) is 4.67. The van der Waals surface area contributed by atoms with Crippen molar-refractivity contribution < 1.29 is 4.79 Å². The molecule has 1 amide bonds. The summed E-state index contributed by atoms with van der Waals surface area (Å²) in [5.74, 6) is 0.844. The first-order valence-corrected chi connectivity index (χ1v) is 13.4. The van der Waals surface area contributed by atoms with Gasteiger partial charge >= 0.3 is 0 Å². The molecule has 1 aliphatic heterocycles. The topological polar surface area (TPSA) is 66.3 Å². The Labute approximate surface area is 225 Å². The molecule has 0 bridgehead atoms. The second-order valence-electron chi connectivity index (χ2n) is 9.26. The van der Waals surface area contributed by atoms with Crippen molar-refractivity contribution in [2.75, 3.05) is 6.54 Å². The molecule has 7 heteroatoms. The number of carbonyl (C=O) groups is 1. The Morgan fingerprint density at radius 2 is 1.79 bits per heavy atom. The second-order valence-corrected chi connectivity index (χ2v) is 10.3. The van der Waals surface area contributed by atoms with Crippen LogP contribution < -0.4 is 0 Å². The minimum atomic E-state index is -0.0211. The fraction of sp³-hybridized carbons (Fsp3) is 0.129. The van der Waals surface area contributed by atoms with Crippen LogP contribution in [0.1, 0.15) is 22.5 Å². The van der Waals surface area contributed by atoms with Crippen molar-refractivity contribution in [1.29, 1.82) is 0 Å². The van der Waals surface area contributed by atoms with Crippen LogP contribution >= 0.6 is 11.8 Å². The predicted octanol–water partition coefficient (Wildman–Crippen LogP) is 6.82. The summed E-state index contributed by atoms with van der Waals surface area (Å²) in [6.07, 6.45) is 6.54. The van der Waals surface area contributed by atoms with Crippen LogP contribution in [0.5, 0.6) is 0 Å². The quantitative estimate of drug-likeness (QED) is 0.251. The van der Waals surface area contributed by atoms with Crippen LogP contribution in [0.15, 0.2) is 101 Å². The third-order valence-corrected chi connectivity index (χ3v) is 7.79. The van der Waals surface area contributed by atoms with Crippen molar-refractivity contribution in [3.05, 3.63) is 119 Å². The van der Waals surface area contributed by atoms with Crippen molar-refractivity contribution in [3.63, 3.8) is 0 Å². The molecule has 0 saturated carbocycles. The third-order valence-electron chi connectivity index (χ3n) is 6.78. The third kappa shape index (κ3) is 4.57. The summed E-state index contributed by atoms with van der Waals surface area (Å²) in [6, 6.07) is 26.0. The fourth-order valence-electron chi connectivity index (χ4n) is 4.89. The molecule has 1 saturated heterocycles. The lowest BCUT2D eigenvalue weighted by atomic mass is 10.1. The monoisotopic (exact) mass is 517 g/mol. The number of para-hydroxylation sites is 2. The van der Waals surface area contributed by atoms with Crippen molar-refractivity contribution in [3.8, 4) is 5.82 Å². The highest BCUT2D eigenvalue weighted by molar-refractivity contribution is 8.18. The SMILES string of the molecule is Cc1cc(/C=C2\SC(=Nc3ccccc3)N(CCc3c[nH]c4ccccc34)C2=O)c(C)n1-c1ccccn1. The van der Waals surface area contributed by atoms with E-state index in [-0.39, 0.29) is 5.91 Å². The van der Waals surface area contributed by atoms with Crippen molar-refractivity contribution >= 4 is 45.5 Å². The average molecular weight is 518 g/mol. The van der Waals surface area contributed by atoms with E-state index in [0.29, 0.717) is 16.6 Å². The summed E-state index contributed by atoms with van der Waals surface area (Å²) in [7, 11) is 0. The van der Waals surface area contributed by atoms with Crippen molar-refractivity contribution in [2.45, 2.75) is 20.3 Å². The fourth-order valence-corrected chi connectivity index (χ4v) is 5.90. The van der Waals surface area contributed by atoms with Gasteiger partial charge in [-0.2, -0.15) is 0 Å². The number of aliphatic imine (C=N–C) groups is 1. The molecule has 1 aliphatic rings. The first-order valence-electron chi connectivity index (χ1n) is 12.6. The number of aryl methyl sites for hydroxylation is 1. The number of aromatic nitrogens is 3.